The summed E-state index contributed by atoms with van der Waals surface area (Å²) < 4.78 is 5.40. The second-order valence-corrected chi connectivity index (χ2v) is 5.47. The molecular formula is C14H21N3O2. The fourth-order valence-electron chi connectivity index (χ4n) is 2.16. The fourth-order valence-corrected chi connectivity index (χ4v) is 2.16. The van der Waals surface area contributed by atoms with Gasteiger partial charge >= 0.3 is 0 Å². The Morgan fingerprint density at radius 2 is 2.21 bits per heavy atom. The lowest BCUT2D eigenvalue weighted by Crippen LogP contribution is -2.36. The summed E-state index contributed by atoms with van der Waals surface area (Å²) in [6.07, 6.45) is 0.870. The summed E-state index contributed by atoms with van der Waals surface area (Å²) in [6, 6.07) is 5.78. The van der Waals surface area contributed by atoms with Crippen molar-refractivity contribution in [3.8, 4) is 5.75 Å². The van der Waals surface area contributed by atoms with Crippen LogP contribution >= 0.6 is 0 Å². The average Bonchev–Trinajstić information content (AvgIpc) is 2.34. The van der Waals surface area contributed by atoms with E-state index in [1.807, 2.05) is 18.2 Å². The Morgan fingerprint density at radius 3 is 2.89 bits per heavy atom. The van der Waals surface area contributed by atoms with Gasteiger partial charge in [0.05, 0.1) is 5.69 Å². The van der Waals surface area contributed by atoms with Crippen molar-refractivity contribution in [1.82, 2.24) is 0 Å². The Kier molecular flexibility index (Phi) is 3.66. The summed E-state index contributed by atoms with van der Waals surface area (Å²) in [5.41, 5.74) is 7.28. The molecule has 19 heavy (non-hydrogen) atoms. The number of carbonyl (C=O) groups excluding carboxylic acids is 1. The third kappa shape index (κ3) is 2.98. The van der Waals surface area contributed by atoms with Gasteiger partial charge in [0.15, 0.2) is 6.61 Å². The van der Waals surface area contributed by atoms with Gasteiger partial charge in [0.1, 0.15) is 5.75 Å². The number of benzene rings is 1. The number of fused-ring (bicyclic) bond motifs is 1. The molecule has 1 aliphatic heterocycles. The number of nitrogens with one attached hydrogen (secondary N) is 1. The van der Waals surface area contributed by atoms with Crippen LogP contribution in [0.5, 0.6) is 5.75 Å². The topological polar surface area (TPSA) is 67.6 Å². The highest BCUT2D eigenvalue weighted by Crippen LogP contribution is 2.34. The molecular weight excluding hydrogens is 242 g/mol. The number of ether oxygens (including phenoxy) is 1. The van der Waals surface area contributed by atoms with Crippen LogP contribution in [-0.2, 0) is 4.79 Å². The van der Waals surface area contributed by atoms with E-state index in [0.29, 0.717) is 6.54 Å². The SMILES string of the molecule is CN1C(=O)COc2ccc(NC(C)(C)CCN)cc21. The van der Waals surface area contributed by atoms with E-state index in [0.717, 1.165) is 23.5 Å². The molecule has 0 saturated heterocycles. The fraction of sp³-hybridized carbons (Fsp3) is 0.500. The van der Waals surface area contributed by atoms with Gasteiger partial charge in [-0.1, -0.05) is 0 Å². The van der Waals surface area contributed by atoms with Gasteiger partial charge in [-0.15, -0.1) is 0 Å². The van der Waals surface area contributed by atoms with Crippen LogP contribution in [0, 0.1) is 0 Å². The van der Waals surface area contributed by atoms with Gasteiger partial charge in [0.2, 0.25) is 0 Å². The van der Waals surface area contributed by atoms with Crippen LogP contribution in [0.4, 0.5) is 11.4 Å². The Labute approximate surface area is 113 Å². The first-order valence-corrected chi connectivity index (χ1v) is 6.44. The minimum Gasteiger partial charge on any atom is -0.482 e. The zero-order valence-electron chi connectivity index (χ0n) is 11.7. The summed E-state index contributed by atoms with van der Waals surface area (Å²) >= 11 is 0. The molecule has 0 saturated carbocycles. The van der Waals surface area contributed by atoms with Gasteiger partial charge in [-0.3, -0.25) is 4.79 Å². The largest absolute Gasteiger partial charge is 0.482 e. The molecule has 104 valence electrons. The summed E-state index contributed by atoms with van der Waals surface area (Å²) in [6.45, 7) is 4.94. The van der Waals surface area contributed by atoms with Crippen molar-refractivity contribution in [2.24, 2.45) is 5.73 Å². The first kappa shape index (κ1) is 13.7. The molecule has 0 atom stereocenters. The smallest absolute Gasteiger partial charge is 0.264 e. The molecule has 0 bridgehead atoms. The minimum atomic E-state index is -0.0823. The van der Waals surface area contributed by atoms with E-state index in [9.17, 15) is 4.79 Å². The van der Waals surface area contributed by atoms with Crippen molar-refractivity contribution >= 4 is 17.3 Å². The lowest BCUT2D eigenvalue weighted by atomic mass is 10.00. The van der Waals surface area contributed by atoms with Crippen LogP contribution in [0.1, 0.15) is 20.3 Å². The zero-order valence-corrected chi connectivity index (χ0v) is 11.7. The molecule has 3 N–H and O–H groups in total. The number of rotatable bonds is 4. The molecule has 1 aliphatic rings. The molecule has 0 unspecified atom stereocenters. The molecule has 0 fully saturated rings. The maximum absolute atomic E-state index is 11.6. The van der Waals surface area contributed by atoms with E-state index >= 15 is 0 Å². The zero-order chi connectivity index (χ0) is 14.0. The van der Waals surface area contributed by atoms with E-state index in [1.165, 1.54) is 0 Å². The van der Waals surface area contributed by atoms with Crippen LogP contribution < -0.4 is 20.7 Å². The third-order valence-electron chi connectivity index (χ3n) is 3.30. The molecule has 1 amide bonds. The van der Waals surface area contributed by atoms with Crippen LogP contribution in [0.15, 0.2) is 18.2 Å². The molecule has 2 rings (SSSR count). The normalized spacial score (nSPS) is 14.9. The second-order valence-electron chi connectivity index (χ2n) is 5.47. The highest BCUT2D eigenvalue weighted by Gasteiger charge is 2.23. The van der Waals surface area contributed by atoms with Crippen molar-refractivity contribution in [2.45, 2.75) is 25.8 Å². The number of likely N-dealkylation sites (N-methyl/N-ethyl adjacent to an activating group) is 1. The van der Waals surface area contributed by atoms with Crippen molar-refractivity contribution < 1.29 is 9.53 Å². The summed E-state index contributed by atoms with van der Waals surface area (Å²) in [5, 5.41) is 3.43. The van der Waals surface area contributed by atoms with Crippen LogP contribution in [0.25, 0.3) is 0 Å². The highest BCUT2D eigenvalue weighted by atomic mass is 16.5. The number of anilines is 2. The van der Waals surface area contributed by atoms with Crippen molar-refractivity contribution in [3.63, 3.8) is 0 Å². The molecule has 1 heterocycles. The molecule has 5 heteroatoms. The third-order valence-corrected chi connectivity index (χ3v) is 3.30. The van der Waals surface area contributed by atoms with Gasteiger partial charge in [-0.2, -0.15) is 0 Å². The number of amides is 1. The number of hydrogen-bond acceptors (Lipinski definition) is 4. The van der Waals surface area contributed by atoms with Gasteiger partial charge in [-0.25, -0.2) is 0 Å². The first-order chi connectivity index (χ1) is 8.93. The Hall–Kier alpha value is -1.75. The van der Waals surface area contributed by atoms with Crippen molar-refractivity contribution in [3.05, 3.63) is 18.2 Å². The van der Waals surface area contributed by atoms with E-state index in [4.69, 9.17) is 10.5 Å². The predicted octanol–water partition coefficient (Wildman–Crippen LogP) is 1.58. The maximum Gasteiger partial charge on any atom is 0.264 e. The molecule has 0 radical (unpaired) electrons. The van der Waals surface area contributed by atoms with Crippen LogP contribution in [0.3, 0.4) is 0 Å². The van der Waals surface area contributed by atoms with Crippen LogP contribution in [-0.4, -0.2) is 31.6 Å². The average molecular weight is 263 g/mol. The summed E-state index contributed by atoms with van der Waals surface area (Å²) in [7, 11) is 1.76. The summed E-state index contributed by atoms with van der Waals surface area (Å²) in [4.78, 5) is 13.2. The highest BCUT2D eigenvalue weighted by molar-refractivity contribution is 5.97. The molecule has 0 spiro atoms. The Morgan fingerprint density at radius 1 is 1.47 bits per heavy atom. The van der Waals surface area contributed by atoms with E-state index in [2.05, 4.69) is 19.2 Å². The Bertz CT molecular complexity index is 486. The number of nitrogens with zero attached hydrogens (tertiary/aromatic N) is 1. The molecule has 0 aromatic heterocycles. The molecule has 0 aliphatic carbocycles. The lowest BCUT2D eigenvalue weighted by Gasteiger charge is -2.30. The van der Waals surface area contributed by atoms with E-state index in [-0.39, 0.29) is 18.1 Å². The Balaban J connectivity index is 2.23. The van der Waals surface area contributed by atoms with Gasteiger partial charge in [0.25, 0.3) is 5.91 Å². The van der Waals surface area contributed by atoms with E-state index in [1.54, 1.807) is 11.9 Å². The van der Waals surface area contributed by atoms with Crippen LogP contribution in [0.2, 0.25) is 0 Å². The standard InChI is InChI=1S/C14H21N3O2/c1-14(2,6-7-15)16-10-4-5-12-11(8-10)17(3)13(18)9-19-12/h4-5,8,16H,6-7,9,15H2,1-3H3. The monoisotopic (exact) mass is 263 g/mol. The molecule has 1 aromatic carbocycles. The maximum atomic E-state index is 11.6. The van der Waals surface area contributed by atoms with Gasteiger partial charge in [0, 0.05) is 18.3 Å². The minimum absolute atomic E-state index is 0.0362. The van der Waals surface area contributed by atoms with E-state index < -0.39 is 0 Å². The predicted molar refractivity (Wildman–Crippen MR) is 76.7 cm³/mol. The number of hydrogen-bond donors (Lipinski definition) is 2. The second kappa shape index (κ2) is 5.09. The van der Waals surface area contributed by atoms with Gasteiger partial charge < -0.3 is 20.7 Å². The quantitative estimate of drug-likeness (QED) is 0.865. The van der Waals surface area contributed by atoms with Crippen molar-refractivity contribution in [1.29, 1.82) is 0 Å². The number of carbonyl (C=O) groups is 1. The van der Waals surface area contributed by atoms with Gasteiger partial charge in [-0.05, 0) is 45.0 Å². The first-order valence-electron chi connectivity index (χ1n) is 6.44. The lowest BCUT2D eigenvalue weighted by molar-refractivity contribution is -0.120. The summed E-state index contributed by atoms with van der Waals surface area (Å²) in [5.74, 6) is 0.704. The molecule has 5 nitrogen and oxygen atoms in total. The molecule has 1 aromatic rings. The number of nitrogens with two attached hydrogens (primary N) is 1. The van der Waals surface area contributed by atoms with Crippen molar-refractivity contribution in [2.75, 3.05) is 30.4 Å².